The molecule has 14 heavy (non-hydrogen) atoms. The lowest BCUT2D eigenvalue weighted by molar-refractivity contribution is 1.38. The van der Waals surface area contributed by atoms with Gasteiger partial charge in [-0.1, -0.05) is 23.2 Å². The summed E-state index contributed by atoms with van der Waals surface area (Å²) in [5.41, 5.74) is 0.900. The van der Waals surface area contributed by atoms with Crippen LogP contribution in [0.2, 0.25) is 10.0 Å². The van der Waals surface area contributed by atoms with Gasteiger partial charge in [-0.15, -0.1) is 11.3 Å². The van der Waals surface area contributed by atoms with Crippen LogP contribution in [-0.2, 0) is 0 Å². The molecule has 0 fully saturated rings. The summed E-state index contributed by atoms with van der Waals surface area (Å²) in [6.45, 7) is 2.01. The minimum atomic E-state index is 0.678. The van der Waals surface area contributed by atoms with E-state index in [0.717, 1.165) is 15.4 Å². The average molecular weight is 244 g/mol. The molecule has 0 spiro atoms. The first kappa shape index (κ1) is 9.97. The van der Waals surface area contributed by atoms with Crippen molar-refractivity contribution in [3.63, 3.8) is 0 Å². The molecule has 1 aromatic carbocycles. The van der Waals surface area contributed by atoms with Gasteiger partial charge in [0.15, 0.2) is 0 Å². The summed E-state index contributed by atoms with van der Waals surface area (Å²) in [7, 11) is 0. The first-order valence-corrected chi connectivity index (χ1v) is 5.62. The van der Waals surface area contributed by atoms with Crippen LogP contribution in [0.5, 0.6) is 0 Å². The van der Waals surface area contributed by atoms with Gasteiger partial charge in [-0.2, -0.15) is 0 Å². The standard InChI is InChI=1S/C10H7Cl2NS/c1-6-5-13-10(14-6)8-4-7(11)2-3-9(8)12/h2-5H,1H3. The van der Waals surface area contributed by atoms with Crippen molar-refractivity contribution >= 4 is 34.5 Å². The summed E-state index contributed by atoms with van der Waals surface area (Å²) in [5.74, 6) is 0. The highest BCUT2D eigenvalue weighted by Gasteiger charge is 2.07. The van der Waals surface area contributed by atoms with Crippen molar-refractivity contribution in [2.45, 2.75) is 6.92 Å². The summed E-state index contributed by atoms with van der Waals surface area (Å²) < 4.78 is 0. The van der Waals surface area contributed by atoms with Gasteiger partial charge in [0.25, 0.3) is 0 Å². The molecule has 0 aliphatic heterocycles. The van der Waals surface area contributed by atoms with Crippen molar-refractivity contribution in [3.05, 3.63) is 39.3 Å². The van der Waals surface area contributed by atoms with Gasteiger partial charge in [-0.3, -0.25) is 0 Å². The highest BCUT2D eigenvalue weighted by atomic mass is 35.5. The third-order valence-electron chi connectivity index (χ3n) is 1.78. The zero-order chi connectivity index (χ0) is 10.1. The molecular formula is C10H7Cl2NS. The molecule has 1 aromatic heterocycles. The highest BCUT2D eigenvalue weighted by molar-refractivity contribution is 7.15. The van der Waals surface area contributed by atoms with Crippen molar-refractivity contribution in [2.75, 3.05) is 0 Å². The predicted molar refractivity (Wildman–Crippen MR) is 62.3 cm³/mol. The summed E-state index contributed by atoms with van der Waals surface area (Å²) in [4.78, 5) is 5.43. The molecule has 0 bridgehead atoms. The molecular weight excluding hydrogens is 237 g/mol. The average Bonchev–Trinajstić information content (AvgIpc) is 2.56. The van der Waals surface area contributed by atoms with Gasteiger partial charge in [0, 0.05) is 21.7 Å². The van der Waals surface area contributed by atoms with E-state index in [1.165, 1.54) is 0 Å². The fourth-order valence-corrected chi connectivity index (χ4v) is 2.37. The smallest absolute Gasteiger partial charge is 0.125 e. The van der Waals surface area contributed by atoms with Crippen molar-refractivity contribution in [2.24, 2.45) is 0 Å². The Labute approximate surface area is 96.3 Å². The minimum absolute atomic E-state index is 0.678. The van der Waals surface area contributed by atoms with E-state index < -0.39 is 0 Å². The van der Waals surface area contributed by atoms with E-state index >= 15 is 0 Å². The second kappa shape index (κ2) is 3.89. The maximum Gasteiger partial charge on any atom is 0.125 e. The van der Waals surface area contributed by atoms with E-state index in [-0.39, 0.29) is 0 Å². The summed E-state index contributed by atoms with van der Waals surface area (Å²) in [5, 5.41) is 2.27. The first-order valence-electron chi connectivity index (χ1n) is 4.04. The maximum atomic E-state index is 6.05. The number of aryl methyl sites for hydroxylation is 1. The number of rotatable bonds is 1. The fraction of sp³-hybridized carbons (Fsp3) is 0.100. The van der Waals surface area contributed by atoms with Crippen molar-refractivity contribution in [1.29, 1.82) is 0 Å². The maximum absolute atomic E-state index is 6.05. The van der Waals surface area contributed by atoms with E-state index in [2.05, 4.69) is 4.98 Å². The van der Waals surface area contributed by atoms with Gasteiger partial charge < -0.3 is 0 Å². The van der Waals surface area contributed by atoms with Crippen LogP contribution in [0.4, 0.5) is 0 Å². The van der Waals surface area contributed by atoms with E-state index in [9.17, 15) is 0 Å². The number of hydrogen-bond donors (Lipinski definition) is 0. The van der Waals surface area contributed by atoms with Gasteiger partial charge in [0.1, 0.15) is 5.01 Å². The molecule has 0 atom stereocenters. The molecule has 0 unspecified atom stereocenters. The van der Waals surface area contributed by atoms with Crippen molar-refractivity contribution in [3.8, 4) is 10.6 Å². The first-order chi connectivity index (χ1) is 6.66. The fourth-order valence-electron chi connectivity index (χ4n) is 1.14. The summed E-state index contributed by atoms with van der Waals surface area (Å²) in [6.07, 6.45) is 1.83. The molecule has 1 heterocycles. The van der Waals surface area contributed by atoms with Crippen molar-refractivity contribution in [1.82, 2.24) is 4.98 Å². The van der Waals surface area contributed by atoms with Gasteiger partial charge in [0.2, 0.25) is 0 Å². The van der Waals surface area contributed by atoms with Crippen LogP contribution in [-0.4, -0.2) is 4.98 Å². The zero-order valence-corrected chi connectivity index (χ0v) is 9.75. The molecule has 0 saturated carbocycles. The normalized spacial score (nSPS) is 10.5. The van der Waals surface area contributed by atoms with Crippen LogP contribution in [0.25, 0.3) is 10.6 Å². The number of halogens is 2. The number of hydrogen-bond acceptors (Lipinski definition) is 2. The van der Waals surface area contributed by atoms with Gasteiger partial charge in [-0.25, -0.2) is 4.98 Å². The summed E-state index contributed by atoms with van der Waals surface area (Å²) in [6, 6.07) is 5.39. The molecule has 0 aliphatic carbocycles. The molecule has 0 saturated heterocycles. The molecule has 0 N–H and O–H groups in total. The SMILES string of the molecule is Cc1cnc(-c2cc(Cl)ccc2Cl)s1. The van der Waals surface area contributed by atoms with Crippen LogP contribution in [0.1, 0.15) is 4.88 Å². The third kappa shape index (κ3) is 1.92. The van der Waals surface area contributed by atoms with Gasteiger partial charge in [0.05, 0.1) is 5.02 Å². The second-order valence-electron chi connectivity index (χ2n) is 2.90. The van der Waals surface area contributed by atoms with Crippen LogP contribution >= 0.6 is 34.5 Å². The molecule has 4 heteroatoms. The Kier molecular flexibility index (Phi) is 2.77. The number of benzene rings is 1. The van der Waals surface area contributed by atoms with E-state index in [1.54, 1.807) is 23.5 Å². The monoisotopic (exact) mass is 243 g/mol. The Bertz CT molecular complexity index is 465. The molecule has 72 valence electrons. The molecule has 0 amide bonds. The molecule has 0 radical (unpaired) electrons. The Morgan fingerprint density at radius 2 is 2.07 bits per heavy atom. The topological polar surface area (TPSA) is 12.9 Å². The molecule has 2 aromatic rings. The van der Waals surface area contributed by atoms with Crippen LogP contribution in [0.3, 0.4) is 0 Å². The number of nitrogens with zero attached hydrogens (tertiary/aromatic N) is 1. The Morgan fingerprint density at radius 1 is 1.29 bits per heavy atom. The van der Waals surface area contributed by atoms with Crippen LogP contribution < -0.4 is 0 Å². The van der Waals surface area contributed by atoms with Crippen LogP contribution in [0, 0.1) is 6.92 Å². The number of thiazole rings is 1. The Balaban J connectivity index is 2.55. The van der Waals surface area contributed by atoms with Crippen LogP contribution in [0.15, 0.2) is 24.4 Å². The van der Waals surface area contributed by atoms with Gasteiger partial charge >= 0.3 is 0 Å². The third-order valence-corrected chi connectivity index (χ3v) is 3.29. The van der Waals surface area contributed by atoms with E-state index in [4.69, 9.17) is 23.2 Å². The molecule has 1 nitrogen and oxygen atoms in total. The van der Waals surface area contributed by atoms with E-state index in [0.29, 0.717) is 10.0 Å². The quantitative estimate of drug-likeness (QED) is 0.723. The lowest BCUT2D eigenvalue weighted by Crippen LogP contribution is -1.77. The highest BCUT2D eigenvalue weighted by Crippen LogP contribution is 2.32. The molecule has 0 aliphatic rings. The van der Waals surface area contributed by atoms with Gasteiger partial charge in [-0.05, 0) is 25.1 Å². The minimum Gasteiger partial charge on any atom is -0.244 e. The number of aromatic nitrogens is 1. The lowest BCUT2D eigenvalue weighted by Gasteiger charge is -2.00. The van der Waals surface area contributed by atoms with E-state index in [1.807, 2.05) is 19.2 Å². The predicted octanol–water partition coefficient (Wildman–Crippen LogP) is 4.43. The van der Waals surface area contributed by atoms with Crippen molar-refractivity contribution < 1.29 is 0 Å². The zero-order valence-electron chi connectivity index (χ0n) is 7.42. The Hall–Kier alpha value is -0.570. The summed E-state index contributed by atoms with van der Waals surface area (Å²) >= 11 is 13.5. The molecule has 2 rings (SSSR count). The largest absolute Gasteiger partial charge is 0.244 e. The second-order valence-corrected chi connectivity index (χ2v) is 4.98. The Morgan fingerprint density at radius 3 is 2.71 bits per heavy atom. The lowest BCUT2D eigenvalue weighted by atomic mass is 10.2.